The molecule has 0 aliphatic carbocycles. The van der Waals surface area contributed by atoms with Gasteiger partial charge in [0, 0.05) is 6.20 Å². The molecular formula is C16H17NOSi. The van der Waals surface area contributed by atoms with Gasteiger partial charge in [0.25, 0.3) is 0 Å². The van der Waals surface area contributed by atoms with E-state index < -0.39 is 8.07 Å². The van der Waals surface area contributed by atoms with Gasteiger partial charge in [-0.25, -0.2) is 0 Å². The second kappa shape index (κ2) is 4.07. The molecule has 2 nitrogen and oxygen atoms in total. The van der Waals surface area contributed by atoms with Crippen molar-refractivity contribution >= 4 is 34.9 Å². The minimum atomic E-state index is -1.61. The summed E-state index contributed by atoms with van der Waals surface area (Å²) < 4.78 is 0. The van der Waals surface area contributed by atoms with Crippen molar-refractivity contribution in [2.45, 2.75) is 19.6 Å². The zero-order chi connectivity index (χ0) is 13.6. The highest BCUT2D eigenvalue weighted by Crippen LogP contribution is 2.20. The summed E-state index contributed by atoms with van der Waals surface area (Å²) in [6.07, 6.45) is 1.88. The Morgan fingerprint density at radius 2 is 1.63 bits per heavy atom. The Labute approximate surface area is 113 Å². The third kappa shape index (κ3) is 1.90. The molecule has 3 aromatic rings. The van der Waals surface area contributed by atoms with E-state index in [0.717, 1.165) is 26.9 Å². The summed E-state index contributed by atoms with van der Waals surface area (Å²) in [5.41, 5.74) is 1.15. The number of benzene rings is 2. The van der Waals surface area contributed by atoms with Gasteiger partial charge in [0.05, 0.1) is 19.0 Å². The summed E-state index contributed by atoms with van der Waals surface area (Å²) in [5, 5.41) is 3.93. The van der Waals surface area contributed by atoms with Crippen LogP contribution in [-0.2, 0) is 0 Å². The maximum atomic E-state index is 12.8. The SMILES string of the molecule is C[Si](C)(C)c1ccc2ccc3ccc[nH]c3c2c1=O. The molecule has 0 spiro atoms. The number of aromatic amines is 1. The molecule has 19 heavy (non-hydrogen) atoms. The number of nitrogens with one attached hydrogen (secondary N) is 1. The number of H-pyrrole nitrogens is 1. The molecule has 0 saturated carbocycles. The Morgan fingerprint density at radius 3 is 2.37 bits per heavy atom. The highest BCUT2D eigenvalue weighted by Gasteiger charge is 2.21. The molecule has 0 bridgehead atoms. The summed E-state index contributed by atoms with van der Waals surface area (Å²) in [6.45, 7) is 6.64. The van der Waals surface area contributed by atoms with Gasteiger partial charge in [-0.2, -0.15) is 0 Å². The van der Waals surface area contributed by atoms with E-state index >= 15 is 0 Å². The lowest BCUT2D eigenvalue weighted by Gasteiger charge is -2.16. The first kappa shape index (κ1) is 12.2. The molecule has 0 fully saturated rings. The van der Waals surface area contributed by atoms with Gasteiger partial charge in [0.15, 0.2) is 5.43 Å². The molecule has 3 rings (SSSR count). The number of rotatable bonds is 1. The zero-order valence-corrected chi connectivity index (χ0v) is 12.4. The van der Waals surface area contributed by atoms with Crippen LogP contribution in [0.3, 0.4) is 0 Å². The average Bonchev–Trinajstić information content (AvgIpc) is 2.37. The van der Waals surface area contributed by atoms with Gasteiger partial charge in [-0.05, 0) is 22.0 Å². The highest BCUT2D eigenvalue weighted by molar-refractivity contribution is 6.88. The van der Waals surface area contributed by atoms with Crippen LogP contribution in [0.25, 0.3) is 21.7 Å². The molecule has 0 aliphatic rings. The summed E-state index contributed by atoms with van der Waals surface area (Å²) in [5.74, 6) is 0. The summed E-state index contributed by atoms with van der Waals surface area (Å²) >= 11 is 0. The van der Waals surface area contributed by atoms with Crippen molar-refractivity contribution in [1.29, 1.82) is 0 Å². The largest absolute Gasteiger partial charge is 0.361 e. The molecule has 1 heterocycles. The number of hydrogen-bond donors (Lipinski definition) is 1. The smallest absolute Gasteiger partial charge is 0.187 e. The summed E-state index contributed by atoms with van der Waals surface area (Å²) in [7, 11) is -1.61. The fourth-order valence-corrected chi connectivity index (χ4v) is 3.96. The first-order valence-electron chi connectivity index (χ1n) is 6.52. The Kier molecular flexibility index (Phi) is 2.61. The summed E-state index contributed by atoms with van der Waals surface area (Å²) in [6, 6.07) is 12.2. The van der Waals surface area contributed by atoms with Gasteiger partial charge in [0.2, 0.25) is 0 Å². The molecule has 0 atom stereocenters. The molecule has 0 unspecified atom stereocenters. The van der Waals surface area contributed by atoms with Crippen molar-refractivity contribution in [3.05, 3.63) is 52.8 Å². The molecule has 1 N–H and O–H groups in total. The predicted octanol–water partition coefficient (Wildman–Crippen LogP) is 3.23. The summed E-state index contributed by atoms with van der Waals surface area (Å²) in [4.78, 5) is 16.0. The van der Waals surface area contributed by atoms with E-state index in [1.807, 2.05) is 30.5 Å². The Balaban J connectivity index is 2.54. The number of aromatic nitrogens is 1. The Morgan fingerprint density at radius 1 is 0.947 bits per heavy atom. The van der Waals surface area contributed by atoms with Gasteiger partial charge in [0.1, 0.15) is 0 Å². The Hall–Kier alpha value is -1.87. The third-order valence-corrected chi connectivity index (χ3v) is 5.59. The first-order valence-corrected chi connectivity index (χ1v) is 10.0. The lowest BCUT2D eigenvalue weighted by molar-refractivity contribution is 1.42. The normalized spacial score (nSPS) is 12.2. The van der Waals surface area contributed by atoms with Gasteiger partial charge >= 0.3 is 0 Å². The van der Waals surface area contributed by atoms with Crippen LogP contribution in [0.4, 0.5) is 0 Å². The van der Waals surface area contributed by atoms with Gasteiger partial charge in [-0.3, -0.25) is 4.79 Å². The van der Waals surface area contributed by atoms with Crippen molar-refractivity contribution in [2.75, 3.05) is 0 Å². The minimum Gasteiger partial charge on any atom is -0.361 e. The predicted molar refractivity (Wildman–Crippen MR) is 85.1 cm³/mol. The lowest BCUT2D eigenvalue weighted by atomic mass is 10.1. The number of fused-ring (bicyclic) bond motifs is 3. The minimum absolute atomic E-state index is 0.199. The van der Waals surface area contributed by atoms with Crippen LogP contribution in [0.5, 0.6) is 0 Å². The van der Waals surface area contributed by atoms with Crippen molar-refractivity contribution in [2.24, 2.45) is 0 Å². The molecule has 0 amide bonds. The second-order valence-corrected chi connectivity index (χ2v) is 11.0. The second-order valence-electron chi connectivity index (χ2n) is 5.99. The van der Waals surface area contributed by atoms with Crippen molar-refractivity contribution in [3.63, 3.8) is 0 Å². The number of hydrogen-bond acceptors (Lipinski definition) is 1. The van der Waals surface area contributed by atoms with Crippen LogP contribution >= 0.6 is 0 Å². The third-order valence-electron chi connectivity index (χ3n) is 3.58. The number of pyridine rings is 1. The van der Waals surface area contributed by atoms with Crippen LogP contribution in [0.15, 0.2) is 47.4 Å². The maximum absolute atomic E-state index is 12.8. The van der Waals surface area contributed by atoms with E-state index in [0.29, 0.717) is 0 Å². The topological polar surface area (TPSA) is 32.9 Å². The van der Waals surface area contributed by atoms with E-state index in [2.05, 4.69) is 36.8 Å². The van der Waals surface area contributed by atoms with Crippen LogP contribution < -0.4 is 10.6 Å². The van der Waals surface area contributed by atoms with Crippen molar-refractivity contribution in [3.8, 4) is 0 Å². The fourth-order valence-electron chi connectivity index (χ4n) is 2.57. The van der Waals surface area contributed by atoms with E-state index in [1.165, 1.54) is 0 Å². The van der Waals surface area contributed by atoms with Crippen LogP contribution in [0, 0.1) is 0 Å². The lowest BCUT2D eigenvalue weighted by Crippen LogP contribution is -2.46. The first-order chi connectivity index (χ1) is 8.98. The van der Waals surface area contributed by atoms with Crippen molar-refractivity contribution < 1.29 is 0 Å². The van der Waals surface area contributed by atoms with E-state index in [1.54, 1.807) is 0 Å². The van der Waals surface area contributed by atoms with Crippen LogP contribution in [-0.4, -0.2) is 13.1 Å². The fraction of sp³-hybridized carbons (Fsp3) is 0.188. The average molecular weight is 267 g/mol. The van der Waals surface area contributed by atoms with Crippen molar-refractivity contribution in [1.82, 2.24) is 4.98 Å². The molecular weight excluding hydrogens is 250 g/mol. The van der Waals surface area contributed by atoms with E-state index in [-0.39, 0.29) is 5.43 Å². The van der Waals surface area contributed by atoms with Gasteiger partial charge in [-0.1, -0.05) is 50.0 Å². The standard InChI is InChI=1S/C16H17NOSi/c1-19(2,3)13-9-8-11-6-7-12-5-4-10-17-15(12)14(11)16(13)18/h4-10,17H,1-3H3. The van der Waals surface area contributed by atoms with E-state index in [4.69, 9.17) is 0 Å². The monoisotopic (exact) mass is 267 g/mol. The molecule has 3 heteroatoms. The maximum Gasteiger partial charge on any atom is 0.187 e. The van der Waals surface area contributed by atoms with Crippen LogP contribution in [0.2, 0.25) is 19.6 Å². The van der Waals surface area contributed by atoms with Gasteiger partial charge < -0.3 is 4.98 Å². The molecule has 0 aliphatic heterocycles. The van der Waals surface area contributed by atoms with Gasteiger partial charge in [-0.15, -0.1) is 0 Å². The quantitative estimate of drug-likeness (QED) is 0.533. The molecule has 0 radical (unpaired) electrons. The molecule has 1 aromatic heterocycles. The Bertz CT molecular complexity index is 827. The zero-order valence-electron chi connectivity index (χ0n) is 11.4. The van der Waals surface area contributed by atoms with E-state index in [9.17, 15) is 4.79 Å². The van der Waals surface area contributed by atoms with Crippen LogP contribution in [0.1, 0.15) is 0 Å². The molecule has 2 aromatic carbocycles. The molecule has 0 saturated heterocycles. The highest BCUT2D eigenvalue weighted by atomic mass is 28.3. The molecule has 96 valence electrons.